The number of carbonyl (C=O) groups is 3. The number of piperidine rings is 1. The van der Waals surface area contributed by atoms with Crippen LogP contribution < -0.4 is 5.32 Å². The van der Waals surface area contributed by atoms with Crippen molar-refractivity contribution < 1.29 is 28.6 Å². The Morgan fingerprint density at radius 2 is 2.03 bits per heavy atom. The molecule has 0 saturated carbocycles. The fraction of sp³-hybridized carbons (Fsp3) is 0.579. The highest BCUT2D eigenvalue weighted by molar-refractivity contribution is 6.40. The Labute approximate surface area is 175 Å². The van der Waals surface area contributed by atoms with E-state index in [9.17, 15) is 18.9 Å². The van der Waals surface area contributed by atoms with Gasteiger partial charge in [0.05, 0.1) is 12.1 Å². The van der Waals surface area contributed by atoms with Crippen LogP contribution in [0.4, 0.5) is 4.53 Å². The second-order valence-corrected chi connectivity index (χ2v) is 6.78. The van der Waals surface area contributed by atoms with Crippen molar-refractivity contribution in [3.05, 3.63) is 22.9 Å². The summed E-state index contributed by atoms with van der Waals surface area (Å²) in [6.07, 6.45) is 3.54. The molecule has 1 aliphatic rings. The number of rotatable bonds is 7. The van der Waals surface area contributed by atoms with Crippen LogP contribution in [0.25, 0.3) is 0 Å². The Hall–Kier alpha value is -2.10. The molecule has 1 rings (SSSR count). The Kier molecular flexibility index (Phi) is 13.8. The van der Waals surface area contributed by atoms with Gasteiger partial charge in [-0.1, -0.05) is 18.5 Å². The molecule has 0 aliphatic carbocycles. The number of methoxy groups -OCH3 is 1. The van der Waals surface area contributed by atoms with Gasteiger partial charge in [0.1, 0.15) is 17.2 Å². The highest BCUT2D eigenvalue weighted by Gasteiger charge is 2.29. The number of likely N-dealkylation sites (N-methyl/N-ethyl adjacent to an activating group) is 1. The number of ether oxygens (including phenoxy) is 1. The van der Waals surface area contributed by atoms with Crippen LogP contribution >= 0.6 is 11.6 Å². The third-order valence-corrected chi connectivity index (χ3v) is 4.65. The van der Waals surface area contributed by atoms with E-state index in [1.165, 1.54) is 0 Å². The van der Waals surface area contributed by atoms with Gasteiger partial charge in [0.2, 0.25) is 0 Å². The molecular weight excluding hydrogens is 405 g/mol. The van der Waals surface area contributed by atoms with Gasteiger partial charge in [-0.3, -0.25) is 14.5 Å². The first kappa shape index (κ1) is 26.9. The minimum absolute atomic E-state index is 0.00360. The number of amides is 1. The minimum atomic E-state index is -1.18. The first-order valence-electron chi connectivity index (χ1n) is 9.07. The lowest BCUT2D eigenvalue weighted by atomic mass is 10.0. The average Bonchev–Trinajstić information content (AvgIpc) is 2.72. The summed E-state index contributed by atoms with van der Waals surface area (Å²) in [7, 11) is 3.73. The van der Waals surface area contributed by atoms with Crippen molar-refractivity contribution in [2.75, 3.05) is 27.2 Å². The van der Waals surface area contributed by atoms with Gasteiger partial charge >= 0.3 is 5.97 Å². The van der Waals surface area contributed by atoms with Crippen LogP contribution in [0.5, 0.6) is 0 Å². The fourth-order valence-electron chi connectivity index (χ4n) is 2.33. The van der Waals surface area contributed by atoms with Gasteiger partial charge in [0, 0.05) is 24.3 Å². The third kappa shape index (κ3) is 10.9. The van der Waals surface area contributed by atoms with Crippen LogP contribution in [0.2, 0.25) is 0 Å². The Morgan fingerprint density at radius 1 is 1.38 bits per heavy atom. The summed E-state index contributed by atoms with van der Waals surface area (Å²) in [5.41, 5.74) is 1.35. The molecule has 1 saturated heterocycles. The van der Waals surface area contributed by atoms with Gasteiger partial charge in [0.25, 0.3) is 5.91 Å². The minimum Gasteiger partial charge on any atom is -0.378 e. The smallest absolute Gasteiger partial charge is 0.372 e. The summed E-state index contributed by atoms with van der Waals surface area (Å²) >= 11 is 6.07. The zero-order valence-corrected chi connectivity index (χ0v) is 18.2. The lowest BCUT2D eigenvalue weighted by Gasteiger charge is -2.36. The fourth-order valence-corrected chi connectivity index (χ4v) is 2.59. The maximum Gasteiger partial charge on any atom is 0.372 e. The van der Waals surface area contributed by atoms with E-state index >= 15 is 0 Å². The van der Waals surface area contributed by atoms with Crippen molar-refractivity contribution in [1.29, 1.82) is 0 Å². The predicted octanol–water partition coefficient (Wildman–Crippen LogP) is 2.33. The molecule has 0 aromatic rings. The highest BCUT2D eigenvalue weighted by atomic mass is 35.5. The Balaban J connectivity index is 0.000000828. The van der Waals surface area contributed by atoms with Crippen LogP contribution in [0.3, 0.4) is 0 Å². The number of likely N-dealkylation sites (tertiary alicyclic amines) is 1. The van der Waals surface area contributed by atoms with Crippen molar-refractivity contribution >= 4 is 35.5 Å². The van der Waals surface area contributed by atoms with E-state index in [1.54, 1.807) is 14.0 Å². The molecule has 1 N–H and O–H groups in total. The molecule has 1 heterocycles. The molecule has 1 amide bonds. The topological polar surface area (TPSA) is 97.3 Å². The van der Waals surface area contributed by atoms with Crippen molar-refractivity contribution in [1.82, 2.24) is 10.2 Å². The number of hydrogen-bond donors (Lipinski definition) is 1. The summed E-state index contributed by atoms with van der Waals surface area (Å²) in [4.78, 5) is 40.4. The second-order valence-electron chi connectivity index (χ2n) is 6.42. The van der Waals surface area contributed by atoms with Crippen molar-refractivity contribution in [3.63, 3.8) is 0 Å². The van der Waals surface area contributed by atoms with Crippen LogP contribution in [-0.2, 0) is 24.1 Å². The molecule has 0 aromatic carbocycles. The first-order valence-corrected chi connectivity index (χ1v) is 9.44. The molecule has 1 aliphatic heterocycles. The SMILES string of the molecule is CC/C(C)=C(Cl)/N=C(\C)C(=O)NC1CCN(C)C[C@@H]1OC.O=C/C=C/C(=O)OF. The molecule has 0 spiro atoms. The van der Waals surface area contributed by atoms with Crippen LogP contribution in [0, 0.1) is 0 Å². The van der Waals surface area contributed by atoms with Crippen molar-refractivity contribution in [2.45, 2.75) is 45.8 Å². The number of nitrogens with zero attached hydrogens (tertiary/aromatic N) is 2. The van der Waals surface area contributed by atoms with Gasteiger partial charge < -0.3 is 15.0 Å². The molecule has 1 fully saturated rings. The summed E-state index contributed by atoms with van der Waals surface area (Å²) in [5, 5.41) is 3.40. The molecule has 8 nitrogen and oxygen atoms in total. The maximum atomic E-state index is 12.2. The number of hydrogen-bond acceptors (Lipinski definition) is 7. The van der Waals surface area contributed by atoms with Gasteiger partial charge in [-0.25, -0.2) is 9.79 Å². The Bertz CT molecular complexity index is 652. The van der Waals surface area contributed by atoms with Crippen LogP contribution in [0.1, 0.15) is 33.6 Å². The number of aldehydes is 1. The molecular formula is C19H29ClFN3O5. The number of aliphatic imine (C=N–C) groups is 1. The zero-order valence-electron chi connectivity index (χ0n) is 17.4. The van der Waals surface area contributed by atoms with Crippen molar-refractivity contribution in [2.24, 2.45) is 4.99 Å². The largest absolute Gasteiger partial charge is 0.378 e. The summed E-state index contributed by atoms with van der Waals surface area (Å²) in [6.45, 7) is 7.35. The number of nitrogens with one attached hydrogen (secondary N) is 1. The molecule has 0 radical (unpaired) electrons. The number of halogens is 2. The van der Waals surface area contributed by atoms with E-state index < -0.39 is 5.97 Å². The monoisotopic (exact) mass is 433 g/mol. The van der Waals surface area contributed by atoms with E-state index in [1.807, 2.05) is 13.8 Å². The predicted molar refractivity (Wildman–Crippen MR) is 109 cm³/mol. The molecule has 0 aromatic heterocycles. The molecule has 10 heteroatoms. The Morgan fingerprint density at radius 3 is 2.55 bits per heavy atom. The maximum absolute atomic E-state index is 12.2. The van der Waals surface area contributed by atoms with E-state index in [-0.39, 0.29) is 18.1 Å². The van der Waals surface area contributed by atoms with Gasteiger partial charge in [0.15, 0.2) is 0 Å². The van der Waals surface area contributed by atoms with Crippen LogP contribution in [-0.4, -0.2) is 68.2 Å². The number of carbonyl (C=O) groups excluding carboxylic acids is 3. The summed E-state index contributed by atoms with van der Waals surface area (Å²) in [5.74, 6) is -1.37. The molecule has 2 atom stereocenters. The molecule has 0 bridgehead atoms. The second kappa shape index (κ2) is 14.8. The van der Waals surface area contributed by atoms with Gasteiger partial charge in [-0.15, -0.1) is 0 Å². The van der Waals surface area contributed by atoms with E-state index in [0.717, 1.165) is 37.6 Å². The number of allylic oxidation sites excluding steroid dienone is 2. The lowest BCUT2D eigenvalue weighted by molar-refractivity contribution is -0.176. The van der Waals surface area contributed by atoms with Gasteiger partial charge in [-0.2, -0.15) is 0 Å². The quantitative estimate of drug-likeness (QED) is 0.286. The summed E-state index contributed by atoms with van der Waals surface area (Å²) < 4.78 is 16.2. The van der Waals surface area contributed by atoms with Gasteiger partial charge in [-0.05, 0) is 51.9 Å². The molecule has 1 unspecified atom stereocenters. The van der Waals surface area contributed by atoms with E-state index in [0.29, 0.717) is 23.2 Å². The molecule has 164 valence electrons. The first-order chi connectivity index (χ1) is 13.7. The zero-order chi connectivity index (χ0) is 22.4. The highest BCUT2D eigenvalue weighted by Crippen LogP contribution is 2.15. The van der Waals surface area contributed by atoms with E-state index in [4.69, 9.17) is 16.3 Å². The third-order valence-electron chi connectivity index (χ3n) is 4.25. The van der Waals surface area contributed by atoms with E-state index in [2.05, 4.69) is 27.2 Å². The normalized spacial score (nSPS) is 21.0. The molecule has 29 heavy (non-hydrogen) atoms. The van der Waals surface area contributed by atoms with Crippen molar-refractivity contribution in [3.8, 4) is 0 Å². The van der Waals surface area contributed by atoms with Crippen LogP contribution in [0.15, 0.2) is 27.9 Å². The lowest BCUT2D eigenvalue weighted by Crippen LogP contribution is -2.54. The summed E-state index contributed by atoms with van der Waals surface area (Å²) in [6, 6.07) is 0.0128. The standard InChI is InChI=1S/C15H26ClN3O2.C4H3FO3/c1-6-10(2)14(16)17-11(3)15(20)18-12-7-8-19(4)9-13(12)21-5;5-8-4(7)2-1-3-6/h12-13H,6-9H2,1-5H3,(H,18,20);1-3H/b14-10+,17-11+;2-1+/t12?,13-;/m0./s1. The average molecular weight is 434 g/mol.